The number of hydrogen-bond acceptors (Lipinski definition) is 6. The van der Waals surface area contributed by atoms with E-state index in [9.17, 15) is 5.11 Å². The number of aromatic nitrogens is 3. The van der Waals surface area contributed by atoms with Crippen LogP contribution in [0.1, 0.15) is 33.1 Å². The van der Waals surface area contributed by atoms with E-state index in [0.717, 1.165) is 25.9 Å². The van der Waals surface area contributed by atoms with Gasteiger partial charge >= 0.3 is 0 Å². The van der Waals surface area contributed by atoms with Crippen molar-refractivity contribution in [1.29, 1.82) is 0 Å². The average molecular weight is 300 g/mol. The minimum atomic E-state index is -0.232. The smallest absolute Gasteiger partial charge is 0.231 e. The predicted molar refractivity (Wildman–Crippen MR) is 80.3 cm³/mol. The van der Waals surface area contributed by atoms with Crippen molar-refractivity contribution in [1.82, 2.24) is 15.0 Å². The van der Waals surface area contributed by atoms with Gasteiger partial charge in [-0.3, -0.25) is 0 Å². The summed E-state index contributed by atoms with van der Waals surface area (Å²) in [6.07, 6.45) is 3.57. The van der Waals surface area contributed by atoms with Crippen LogP contribution in [-0.2, 0) is 0 Å². The third kappa shape index (κ3) is 4.18. The molecule has 1 aliphatic rings. The molecule has 1 aromatic heterocycles. The van der Waals surface area contributed by atoms with Crippen LogP contribution in [0.25, 0.3) is 0 Å². The van der Waals surface area contributed by atoms with Gasteiger partial charge in [0.1, 0.15) is 0 Å². The molecular formula is C13H22ClN5O. The topological polar surface area (TPSA) is 74.2 Å². The Morgan fingerprint density at radius 3 is 2.55 bits per heavy atom. The van der Waals surface area contributed by atoms with Crippen LogP contribution in [0, 0.1) is 5.41 Å². The summed E-state index contributed by atoms with van der Waals surface area (Å²) in [5.74, 6) is 1.10. The number of hydrogen-bond donors (Lipinski definition) is 2. The third-order valence-corrected chi connectivity index (χ3v) is 3.56. The Balaban J connectivity index is 2.08. The number of nitrogens with zero attached hydrogens (tertiary/aromatic N) is 4. The first kappa shape index (κ1) is 15.3. The summed E-state index contributed by atoms with van der Waals surface area (Å²) < 4.78 is 0. The molecule has 0 bridgehead atoms. The quantitative estimate of drug-likeness (QED) is 0.865. The molecular weight excluding hydrogens is 278 g/mol. The van der Waals surface area contributed by atoms with Crippen LogP contribution in [0.3, 0.4) is 0 Å². The lowest BCUT2D eigenvalue weighted by atomic mass is 9.95. The molecule has 2 rings (SSSR count). The largest absolute Gasteiger partial charge is 0.396 e. The molecule has 0 aliphatic carbocycles. The maximum Gasteiger partial charge on any atom is 0.231 e. The van der Waals surface area contributed by atoms with Crippen molar-refractivity contribution in [2.75, 3.05) is 36.5 Å². The summed E-state index contributed by atoms with van der Waals surface area (Å²) in [7, 11) is 0. The first-order valence-electron chi connectivity index (χ1n) is 7.01. The Morgan fingerprint density at radius 1 is 1.20 bits per heavy atom. The van der Waals surface area contributed by atoms with E-state index in [4.69, 9.17) is 11.6 Å². The first-order valence-corrected chi connectivity index (χ1v) is 7.39. The van der Waals surface area contributed by atoms with Gasteiger partial charge in [-0.2, -0.15) is 15.0 Å². The van der Waals surface area contributed by atoms with E-state index in [1.54, 1.807) is 0 Å². The van der Waals surface area contributed by atoms with Crippen molar-refractivity contribution in [3.63, 3.8) is 0 Å². The molecule has 1 aliphatic heterocycles. The number of anilines is 2. The monoisotopic (exact) mass is 299 g/mol. The minimum absolute atomic E-state index is 0.0950. The number of nitrogens with one attached hydrogen (secondary N) is 1. The van der Waals surface area contributed by atoms with Crippen LogP contribution in [0.15, 0.2) is 0 Å². The molecule has 0 aromatic carbocycles. The predicted octanol–water partition coefficient (Wildman–Crippen LogP) is 1.95. The zero-order chi connectivity index (χ0) is 14.6. The minimum Gasteiger partial charge on any atom is -0.396 e. The highest BCUT2D eigenvalue weighted by atomic mass is 35.5. The van der Waals surface area contributed by atoms with Crippen molar-refractivity contribution < 1.29 is 5.11 Å². The van der Waals surface area contributed by atoms with Crippen LogP contribution < -0.4 is 10.2 Å². The number of rotatable bonds is 5. The summed E-state index contributed by atoms with van der Waals surface area (Å²) in [6.45, 7) is 6.52. The third-order valence-electron chi connectivity index (χ3n) is 3.39. The van der Waals surface area contributed by atoms with E-state index in [1.165, 1.54) is 6.42 Å². The molecule has 20 heavy (non-hydrogen) atoms. The summed E-state index contributed by atoms with van der Waals surface area (Å²) >= 11 is 5.97. The zero-order valence-electron chi connectivity index (χ0n) is 12.1. The van der Waals surface area contributed by atoms with Gasteiger partial charge in [0, 0.05) is 31.7 Å². The zero-order valence-corrected chi connectivity index (χ0v) is 12.8. The molecule has 0 radical (unpaired) electrons. The molecule has 2 heterocycles. The van der Waals surface area contributed by atoms with E-state index >= 15 is 0 Å². The molecule has 7 heteroatoms. The lowest BCUT2D eigenvalue weighted by molar-refractivity contribution is 0.170. The van der Waals surface area contributed by atoms with Crippen LogP contribution in [0.2, 0.25) is 5.28 Å². The molecule has 0 atom stereocenters. The molecule has 6 nitrogen and oxygen atoms in total. The lowest BCUT2D eigenvalue weighted by Crippen LogP contribution is -2.32. The highest BCUT2D eigenvalue weighted by Gasteiger charge is 2.19. The summed E-state index contributed by atoms with van der Waals surface area (Å²) in [5.41, 5.74) is -0.232. The van der Waals surface area contributed by atoms with Crippen molar-refractivity contribution in [2.24, 2.45) is 5.41 Å². The Hall–Kier alpha value is -1.14. The second kappa shape index (κ2) is 6.54. The number of piperidine rings is 1. The average Bonchev–Trinajstić information content (AvgIpc) is 2.46. The highest BCUT2D eigenvalue weighted by Crippen LogP contribution is 2.19. The SMILES string of the molecule is CC(C)(CO)CNc1nc(Cl)nc(N2CCCCC2)n1. The van der Waals surface area contributed by atoms with Crippen LogP contribution in [0.4, 0.5) is 11.9 Å². The molecule has 1 saturated heterocycles. The van der Waals surface area contributed by atoms with Gasteiger partial charge in [-0.05, 0) is 30.9 Å². The van der Waals surface area contributed by atoms with E-state index in [0.29, 0.717) is 18.4 Å². The van der Waals surface area contributed by atoms with Gasteiger partial charge in [0.15, 0.2) is 0 Å². The van der Waals surface area contributed by atoms with Gasteiger partial charge < -0.3 is 15.3 Å². The molecule has 0 spiro atoms. The maximum absolute atomic E-state index is 9.26. The van der Waals surface area contributed by atoms with Crippen molar-refractivity contribution in [3.05, 3.63) is 5.28 Å². The Bertz CT molecular complexity index is 448. The summed E-state index contributed by atoms with van der Waals surface area (Å²) in [6, 6.07) is 0. The van der Waals surface area contributed by atoms with Crippen molar-refractivity contribution >= 4 is 23.5 Å². The molecule has 0 unspecified atom stereocenters. The Kier molecular flexibility index (Phi) is 4.99. The van der Waals surface area contributed by atoms with Gasteiger partial charge in [-0.1, -0.05) is 13.8 Å². The van der Waals surface area contributed by atoms with Gasteiger partial charge in [0.05, 0.1) is 0 Å². The number of halogens is 1. The standard InChI is InChI=1S/C13H22ClN5O/c1-13(2,9-20)8-15-11-16-10(14)17-12(18-11)19-6-4-3-5-7-19/h20H,3-9H2,1-2H3,(H,15,16,17,18). The molecule has 1 fully saturated rings. The van der Waals surface area contributed by atoms with Crippen molar-refractivity contribution in [2.45, 2.75) is 33.1 Å². The van der Waals surface area contributed by atoms with Gasteiger partial charge in [-0.25, -0.2) is 0 Å². The molecule has 2 N–H and O–H groups in total. The van der Waals surface area contributed by atoms with E-state index in [2.05, 4.69) is 25.2 Å². The fraction of sp³-hybridized carbons (Fsp3) is 0.769. The second-order valence-corrected chi connectivity index (χ2v) is 6.29. The molecule has 0 amide bonds. The van der Waals surface area contributed by atoms with E-state index in [1.807, 2.05) is 13.8 Å². The van der Waals surface area contributed by atoms with Crippen LogP contribution in [-0.4, -0.2) is 46.3 Å². The summed E-state index contributed by atoms with van der Waals surface area (Å²) in [4.78, 5) is 14.9. The molecule has 0 saturated carbocycles. The first-order chi connectivity index (χ1) is 9.50. The molecule has 1 aromatic rings. The van der Waals surface area contributed by atoms with Crippen LogP contribution in [0.5, 0.6) is 0 Å². The fourth-order valence-electron chi connectivity index (χ4n) is 2.03. The van der Waals surface area contributed by atoms with E-state index < -0.39 is 0 Å². The normalized spacial score (nSPS) is 16.3. The molecule has 112 valence electrons. The Morgan fingerprint density at radius 2 is 1.90 bits per heavy atom. The maximum atomic E-state index is 9.26. The highest BCUT2D eigenvalue weighted by molar-refractivity contribution is 6.28. The fourth-order valence-corrected chi connectivity index (χ4v) is 2.18. The van der Waals surface area contributed by atoms with Gasteiger partial charge in [0.2, 0.25) is 17.2 Å². The van der Waals surface area contributed by atoms with Crippen LogP contribution >= 0.6 is 11.6 Å². The van der Waals surface area contributed by atoms with Gasteiger partial charge in [-0.15, -0.1) is 0 Å². The lowest BCUT2D eigenvalue weighted by Gasteiger charge is -2.27. The Labute approximate surface area is 124 Å². The number of aliphatic hydroxyl groups excluding tert-OH is 1. The van der Waals surface area contributed by atoms with Gasteiger partial charge in [0.25, 0.3) is 0 Å². The number of aliphatic hydroxyl groups is 1. The van der Waals surface area contributed by atoms with Crippen molar-refractivity contribution in [3.8, 4) is 0 Å². The summed E-state index contributed by atoms with van der Waals surface area (Å²) in [5, 5.41) is 12.6. The second-order valence-electron chi connectivity index (χ2n) is 5.95. The van der Waals surface area contributed by atoms with E-state index in [-0.39, 0.29) is 17.3 Å².